The van der Waals surface area contributed by atoms with Gasteiger partial charge in [-0.3, -0.25) is 9.69 Å². The third-order valence-corrected chi connectivity index (χ3v) is 6.80. The van der Waals surface area contributed by atoms with E-state index in [1.54, 1.807) is 16.0 Å². The molecular weight excluding hydrogens is 430 g/mol. The molecule has 0 unspecified atom stereocenters. The zero-order valence-corrected chi connectivity index (χ0v) is 18.1. The second kappa shape index (κ2) is 8.91. The molecule has 2 aromatic carbocycles. The van der Waals surface area contributed by atoms with Gasteiger partial charge in [0.1, 0.15) is 12.4 Å². The molecule has 1 atom stereocenters. The summed E-state index contributed by atoms with van der Waals surface area (Å²) in [6.07, 6.45) is 0. The van der Waals surface area contributed by atoms with E-state index in [1.807, 2.05) is 77.0 Å². The molecule has 0 N–H and O–H groups in total. The van der Waals surface area contributed by atoms with Crippen molar-refractivity contribution < 1.29 is 9.53 Å². The van der Waals surface area contributed by atoms with Crippen molar-refractivity contribution in [2.75, 3.05) is 17.3 Å². The molecule has 0 radical (unpaired) electrons. The summed E-state index contributed by atoms with van der Waals surface area (Å²) in [6.45, 7) is 1.00. The lowest BCUT2D eigenvalue weighted by molar-refractivity contribution is -0.117. The van der Waals surface area contributed by atoms with E-state index < -0.39 is 0 Å². The van der Waals surface area contributed by atoms with Crippen molar-refractivity contribution in [1.82, 2.24) is 20.2 Å². The SMILES string of the molecule is O=C(CSc1nnnn1Cc1cccs1)N1c2ccccc2OC[C@H]1c1ccccc1. The van der Waals surface area contributed by atoms with E-state index in [2.05, 4.69) is 15.5 Å². The van der Waals surface area contributed by atoms with Crippen molar-refractivity contribution in [3.05, 3.63) is 82.6 Å². The van der Waals surface area contributed by atoms with Gasteiger partial charge in [0.25, 0.3) is 0 Å². The number of hydrogen-bond donors (Lipinski definition) is 0. The highest BCUT2D eigenvalue weighted by Gasteiger charge is 2.33. The van der Waals surface area contributed by atoms with Gasteiger partial charge in [0, 0.05) is 4.88 Å². The van der Waals surface area contributed by atoms with Gasteiger partial charge in [-0.05, 0) is 39.6 Å². The lowest BCUT2D eigenvalue weighted by Gasteiger charge is -2.37. The van der Waals surface area contributed by atoms with E-state index in [4.69, 9.17) is 4.74 Å². The molecule has 5 rings (SSSR count). The number of benzene rings is 2. The van der Waals surface area contributed by atoms with Gasteiger partial charge in [-0.1, -0.05) is 60.3 Å². The van der Waals surface area contributed by atoms with Crippen LogP contribution in [0.3, 0.4) is 0 Å². The summed E-state index contributed by atoms with van der Waals surface area (Å²) in [5.74, 6) is 0.929. The van der Waals surface area contributed by atoms with Crippen LogP contribution in [0.5, 0.6) is 5.75 Å². The summed E-state index contributed by atoms with van der Waals surface area (Å²) in [5.41, 5.74) is 1.82. The molecule has 1 aliphatic rings. The Labute approximate surface area is 187 Å². The molecule has 0 aliphatic carbocycles. The number of tetrazole rings is 1. The van der Waals surface area contributed by atoms with Crippen molar-refractivity contribution >= 4 is 34.7 Å². The number of nitrogens with zero attached hydrogens (tertiary/aromatic N) is 5. The lowest BCUT2D eigenvalue weighted by atomic mass is 10.0. The number of thiophene rings is 1. The second-order valence-electron chi connectivity index (χ2n) is 6.96. The van der Waals surface area contributed by atoms with E-state index >= 15 is 0 Å². The van der Waals surface area contributed by atoms with E-state index in [0.29, 0.717) is 18.3 Å². The minimum atomic E-state index is -0.189. The first kappa shape index (κ1) is 19.8. The minimum absolute atomic E-state index is 0.0136. The summed E-state index contributed by atoms with van der Waals surface area (Å²) < 4.78 is 7.69. The molecule has 0 saturated heterocycles. The maximum Gasteiger partial charge on any atom is 0.238 e. The van der Waals surface area contributed by atoms with Gasteiger partial charge in [-0.25, -0.2) is 4.68 Å². The quantitative estimate of drug-likeness (QED) is 0.414. The fraction of sp³-hybridized carbons (Fsp3) is 0.182. The Kier molecular flexibility index (Phi) is 5.68. The lowest BCUT2D eigenvalue weighted by Crippen LogP contribution is -2.42. The van der Waals surface area contributed by atoms with E-state index in [9.17, 15) is 4.79 Å². The molecule has 9 heteroatoms. The third-order valence-electron chi connectivity index (χ3n) is 5.00. The summed E-state index contributed by atoms with van der Waals surface area (Å²) >= 11 is 3.00. The maximum absolute atomic E-state index is 13.4. The largest absolute Gasteiger partial charge is 0.489 e. The highest BCUT2D eigenvalue weighted by Crippen LogP contribution is 2.39. The molecule has 3 heterocycles. The molecule has 1 aliphatic heterocycles. The van der Waals surface area contributed by atoms with Crippen LogP contribution in [0, 0.1) is 0 Å². The van der Waals surface area contributed by atoms with Crippen LogP contribution in [0.15, 0.2) is 77.3 Å². The van der Waals surface area contributed by atoms with Gasteiger partial charge in [-0.15, -0.1) is 16.4 Å². The Morgan fingerprint density at radius 1 is 1.10 bits per heavy atom. The fourth-order valence-corrected chi connectivity index (χ4v) is 4.98. The molecule has 0 bridgehead atoms. The molecule has 2 aromatic heterocycles. The van der Waals surface area contributed by atoms with Crippen LogP contribution in [-0.2, 0) is 11.3 Å². The van der Waals surface area contributed by atoms with Crippen LogP contribution in [0.4, 0.5) is 5.69 Å². The van der Waals surface area contributed by atoms with Crippen LogP contribution in [0.25, 0.3) is 0 Å². The van der Waals surface area contributed by atoms with Gasteiger partial charge >= 0.3 is 0 Å². The average Bonchev–Trinajstić information content (AvgIpc) is 3.50. The number of amides is 1. The monoisotopic (exact) mass is 449 g/mol. The zero-order chi connectivity index (χ0) is 21.0. The number of rotatable bonds is 6. The zero-order valence-electron chi connectivity index (χ0n) is 16.5. The minimum Gasteiger partial charge on any atom is -0.489 e. The number of carbonyl (C=O) groups excluding carboxylic acids is 1. The van der Waals surface area contributed by atoms with Gasteiger partial charge in [-0.2, -0.15) is 0 Å². The third kappa shape index (κ3) is 4.19. The molecule has 4 aromatic rings. The molecule has 0 spiro atoms. The van der Waals surface area contributed by atoms with Crippen LogP contribution in [0.1, 0.15) is 16.5 Å². The van der Waals surface area contributed by atoms with Gasteiger partial charge in [0.05, 0.1) is 24.0 Å². The van der Waals surface area contributed by atoms with E-state index in [1.165, 1.54) is 11.8 Å². The first-order valence-electron chi connectivity index (χ1n) is 9.80. The predicted octanol–water partition coefficient (Wildman–Crippen LogP) is 4.04. The fourth-order valence-electron chi connectivity index (χ4n) is 3.56. The number of aromatic nitrogens is 4. The first-order valence-corrected chi connectivity index (χ1v) is 11.7. The Bertz CT molecular complexity index is 1160. The van der Waals surface area contributed by atoms with Crippen LogP contribution < -0.4 is 9.64 Å². The van der Waals surface area contributed by atoms with Gasteiger partial charge in [0.15, 0.2) is 0 Å². The van der Waals surface area contributed by atoms with Crippen molar-refractivity contribution in [1.29, 1.82) is 0 Å². The standard InChI is InChI=1S/C22H19N5O2S2/c28-21(15-31-22-23-24-25-26(22)13-17-9-6-12-30-17)27-18-10-4-5-11-20(18)29-14-19(27)16-7-2-1-3-8-16/h1-12,19H,13-15H2/t19-/m0/s1. The van der Waals surface area contributed by atoms with E-state index in [0.717, 1.165) is 21.9 Å². The number of thioether (sulfide) groups is 1. The number of fused-ring (bicyclic) bond motifs is 1. The maximum atomic E-state index is 13.4. The molecule has 0 saturated carbocycles. The summed E-state index contributed by atoms with van der Waals surface area (Å²) in [6, 6.07) is 21.5. The molecule has 156 valence electrons. The number of anilines is 1. The summed E-state index contributed by atoms with van der Waals surface area (Å²) in [5, 5.41) is 14.6. The van der Waals surface area contributed by atoms with Crippen molar-refractivity contribution in [3.8, 4) is 5.75 Å². The average molecular weight is 450 g/mol. The smallest absolute Gasteiger partial charge is 0.238 e. The Hall–Kier alpha value is -3.17. The predicted molar refractivity (Wildman–Crippen MR) is 121 cm³/mol. The van der Waals surface area contributed by atoms with Crippen LogP contribution in [0.2, 0.25) is 0 Å². The van der Waals surface area contributed by atoms with E-state index in [-0.39, 0.29) is 17.7 Å². The Morgan fingerprint density at radius 2 is 1.94 bits per heavy atom. The molecule has 7 nitrogen and oxygen atoms in total. The molecular formula is C22H19N5O2S2. The normalized spacial score (nSPS) is 15.4. The van der Waals surface area contributed by atoms with Gasteiger partial charge in [0.2, 0.25) is 11.1 Å². The summed E-state index contributed by atoms with van der Waals surface area (Å²) in [7, 11) is 0. The van der Waals surface area contributed by atoms with Crippen molar-refractivity contribution in [2.45, 2.75) is 17.7 Å². The summed E-state index contributed by atoms with van der Waals surface area (Å²) in [4.78, 5) is 16.4. The van der Waals surface area contributed by atoms with Crippen LogP contribution >= 0.6 is 23.1 Å². The molecule has 31 heavy (non-hydrogen) atoms. The highest BCUT2D eigenvalue weighted by atomic mass is 32.2. The number of carbonyl (C=O) groups is 1. The van der Waals surface area contributed by atoms with Crippen molar-refractivity contribution in [3.63, 3.8) is 0 Å². The Morgan fingerprint density at radius 3 is 2.77 bits per heavy atom. The van der Waals surface area contributed by atoms with Crippen LogP contribution in [-0.4, -0.2) is 38.5 Å². The first-order chi connectivity index (χ1) is 15.3. The molecule has 1 amide bonds. The number of para-hydroxylation sites is 2. The second-order valence-corrected chi connectivity index (χ2v) is 8.93. The Balaban J connectivity index is 1.37. The van der Waals surface area contributed by atoms with Gasteiger partial charge < -0.3 is 4.74 Å². The number of ether oxygens (including phenoxy) is 1. The number of hydrogen-bond acceptors (Lipinski definition) is 7. The topological polar surface area (TPSA) is 73.1 Å². The molecule has 0 fully saturated rings. The van der Waals surface area contributed by atoms with Crippen molar-refractivity contribution in [2.24, 2.45) is 0 Å². The highest BCUT2D eigenvalue weighted by molar-refractivity contribution is 7.99.